The summed E-state index contributed by atoms with van der Waals surface area (Å²) in [5.41, 5.74) is 0.438. The van der Waals surface area contributed by atoms with Gasteiger partial charge in [0.05, 0.1) is 26.0 Å². The summed E-state index contributed by atoms with van der Waals surface area (Å²) in [5, 5.41) is 2.66. The Bertz CT molecular complexity index is 805. The molecule has 0 saturated carbocycles. The van der Waals surface area contributed by atoms with E-state index < -0.39 is 18.5 Å². The third-order valence-electron chi connectivity index (χ3n) is 3.62. The molecule has 1 N–H and O–H groups in total. The summed E-state index contributed by atoms with van der Waals surface area (Å²) in [6, 6.07) is 11.9. The summed E-state index contributed by atoms with van der Waals surface area (Å²) in [6.45, 7) is 3.87. The van der Waals surface area contributed by atoms with Crippen LogP contribution in [0.25, 0.3) is 0 Å². The Morgan fingerprint density at radius 2 is 1.48 bits per heavy atom. The average Bonchev–Trinajstić information content (AvgIpc) is 2.73. The first-order valence-electron chi connectivity index (χ1n) is 9.17. The van der Waals surface area contributed by atoms with Gasteiger partial charge in [-0.25, -0.2) is 4.79 Å². The maximum atomic E-state index is 12.1. The van der Waals surface area contributed by atoms with E-state index in [2.05, 4.69) is 5.32 Å². The predicted molar refractivity (Wildman–Crippen MR) is 107 cm³/mol. The van der Waals surface area contributed by atoms with Crippen LogP contribution in [-0.4, -0.2) is 45.4 Å². The zero-order valence-electron chi connectivity index (χ0n) is 16.7. The molecule has 0 aliphatic carbocycles. The first-order chi connectivity index (χ1) is 14.0. The zero-order valence-corrected chi connectivity index (χ0v) is 16.7. The highest BCUT2D eigenvalue weighted by Gasteiger charge is 2.12. The molecule has 8 nitrogen and oxygen atoms in total. The molecule has 0 atom stereocenters. The third-order valence-corrected chi connectivity index (χ3v) is 3.62. The molecule has 0 bridgehead atoms. The van der Waals surface area contributed by atoms with Crippen LogP contribution in [0.5, 0.6) is 23.0 Å². The zero-order chi connectivity index (χ0) is 21.1. The van der Waals surface area contributed by atoms with E-state index in [-0.39, 0.29) is 6.61 Å². The van der Waals surface area contributed by atoms with Crippen molar-refractivity contribution in [3.05, 3.63) is 42.5 Å². The van der Waals surface area contributed by atoms with E-state index in [0.29, 0.717) is 41.9 Å². The molecule has 156 valence electrons. The second-order valence-corrected chi connectivity index (χ2v) is 5.70. The van der Waals surface area contributed by atoms with Crippen molar-refractivity contribution in [2.45, 2.75) is 13.8 Å². The summed E-state index contributed by atoms with van der Waals surface area (Å²) in [7, 11) is 1.56. The molecule has 0 spiro atoms. The highest BCUT2D eigenvalue weighted by atomic mass is 16.6. The van der Waals surface area contributed by atoms with Gasteiger partial charge in [0.1, 0.15) is 23.0 Å². The molecule has 0 aliphatic rings. The van der Waals surface area contributed by atoms with E-state index in [1.54, 1.807) is 49.6 Å². The minimum Gasteiger partial charge on any atom is -0.497 e. The summed E-state index contributed by atoms with van der Waals surface area (Å²) in [4.78, 5) is 24.0. The maximum Gasteiger partial charge on any atom is 0.344 e. The molecule has 2 aromatic carbocycles. The van der Waals surface area contributed by atoms with E-state index in [1.165, 1.54) is 0 Å². The van der Waals surface area contributed by atoms with Crippen LogP contribution in [-0.2, 0) is 14.3 Å². The quantitative estimate of drug-likeness (QED) is 0.577. The van der Waals surface area contributed by atoms with Gasteiger partial charge in [-0.1, -0.05) is 0 Å². The topological polar surface area (TPSA) is 92.3 Å². The van der Waals surface area contributed by atoms with Crippen LogP contribution in [0.3, 0.4) is 0 Å². The van der Waals surface area contributed by atoms with Gasteiger partial charge in [-0.3, -0.25) is 4.79 Å². The maximum absolute atomic E-state index is 12.1. The predicted octanol–water partition coefficient (Wildman–Crippen LogP) is 3.05. The van der Waals surface area contributed by atoms with Gasteiger partial charge in [0.2, 0.25) is 0 Å². The number of nitrogens with one attached hydrogen (secondary N) is 1. The smallest absolute Gasteiger partial charge is 0.344 e. The molecule has 0 aromatic heterocycles. The van der Waals surface area contributed by atoms with Gasteiger partial charge >= 0.3 is 5.97 Å². The summed E-state index contributed by atoms with van der Waals surface area (Å²) >= 11 is 0. The van der Waals surface area contributed by atoms with Crippen LogP contribution in [0.15, 0.2) is 42.5 Å². The molecular formula is C21H25NO7. The van der Waals surface area contributed by atoms with E-state index >= 15 is 0 Å². The van der Waals surface area contributed by atoms with Crippen LogP contribution in [0.1, 0.15) is 13.8 Å². The lowest BCUT2D eigenvalue weighted by Gasteiger charge is -2.13. The van der Waals surface area contributed by atoms with Crippen molar-refractivity contribution in [3.63, 3.8) is 0 Å². The van der Waals surface area contributed by atoms with Crippen molar-refractivity contribution < 1.29 is 33.3 Å². The number of rotatable bonds is 11. The number of esters is 1. The standard InChI is InChI=1S/C21H25NO7/c1-4-26-17-10-11-19(27-5-2)18(12-17)22-20(23)13-29-21(24)14-28-16-8-6-15(25-3)7-9-16/h6-12H,4-5,13-14H2,1-3H3,(H,22,23). The van der Waals surface area contributed by atoms with Gasteiger partial charge in [-0.05, 0) is 50.2 Å². The number of anilines is 1. The van der Waals surface area contributed by atoms with Crippen molar-refractivity contribution in [3.8, 4) is 23.0 Å². The van der Waals surface area contributed by atoms with Crippen molar-refractivity contribution in [2.24, 2.45) is 0 Å². The van der Waals surface area contributed by atoms with Crippen LogP contribution >= 0.6 is 0 Å². The van der Waals surface area contributed by atoms with E-state index in [4.69, 9.17) is 23.7 Å². The number of benzene rings is 2. The fraction of sp³-hybridized carbons (Fsp3) is 0.333. The van der Waals surface area contributed by atoms with Crippen LogP contribution < -0.4 is 24.3 Å². The Morgan fingerprint density at radius 3 is 2.14 bits per heavy atom. The van der Waals surface area contributed by atoms with E-state index in [9.17, 15) is 9.59 Å². The molecule has 1 amide bonds. The molecular weight excluding hydrogens is 378 g/mol. The molecule has 2 rings (SSSR count). The number of hydrogen-bond donors (Lipinski definition) is 1. The number of amides is 1. The van der Waals surface area contributed by atoms with Crippen molar-refractivity contribution >= 4 is 17.6 Å². The highest BCUT2D eigenvalue weighted by molar-refractivity contribution is 5.94. The molecule has 0 heterocycles. The average molecular weight is 403 g/mol. The van der Waals surface area contributed by atoms with Gasteiger partial charge in [0.15, 0.2) is 13.2 Å². The fourth-order valence-corrected chi connectivity index (χ4v) is 2.33. The lowest BCUT2D eigenvalue weighted by atomic mass is 10.2. The van der Waals surface area contributed by atoms with Gasteiger partial charge in [-0.2, -0.15) is 0 Å². The van der Waals surface area contributed by atoms with Gasteiger partial charge in [0.25, 0.3) is 5.91 Å². The monoisotopic (exact) mass is 403 g/mol. The van der Waals surface area contributed by atoms with Gasteiger partial charge in [0, 0.05) is 6.07 Å². The van der Waals surface area contributed by atoms with E-state index in [1.807, 2.05) is 13.8 Å². The van der Waals surface area contributed by atoms with Gasteiger partial charge in [-0.15, -0.1) is 0 Å². The van der Waals surface area contributed by atoms with Crippen LogP contribution in [0.4, 0.5) is 5.69 Å². The Balaban J connectivity index is 1.83. The number of methoxy groups -OCH3 is 1. The number of hydrogen-bond acceptors (Lipinski definition) is 7. The molecule has 0 fully saturated rings. The first-order valence-corrected chi connectivity index (χ1v) is 9.17. The second kappa shape index (κ2) is 11.4. The van der Waals surface area contributed by atoms with Crippen LogP contribution in [0.2, 0.25) is 0 Å². The Hall–Kier alpha value is -3.42. The Morgan fingerprint density at radius 1 is 0.828 bits per heavy atom. The number of carbonyl (C=O) groups excluding carboxylic acids is 2. The molecule has 0 radical (unpaired) electrons. The molecule has 2 aromatic rings. The number of ether oxygens (including phenoxy) is 5. The highest BCUT2D eigenvalue weighted by Crippen LogP contribution is 2.29. The first kappa shape index (κ1) is 21.9. The Labute approximate surface area is 169 Å². The lowest BCUT2D eigenvalue weighted by Crippen LogP contribution is -2.24. The molecule has 8 heteroatoms. The third kappa shape index (κ3) is 7.25. The minimum atomic E-state index is -0.663. The summed E-state index contributed by atoms with van der Waals surface area (Å²) in [6.07, 6.45) is 0. The SMILES string of the molecule is CCOc1ccc(OCC)c(NC(=O)COC(=O)COc2ccc(OC)cc2)c1. The Kier molecular flexibility index (Phi) is 8.62. The molecule has 0 aliphatic heterocycles. The minimum absolute atomic E-state index is 0.316. The molecule has 0 saturated heterocycles. The largest absolute Gasteiger partial charge is 0.497 e. The lowest BCUT2D eigenvalue weighted by molar-refractivity contribution is -0.149. The van der Waals surface area contributed by atoms with Crippen molar-refractivity contribution in [2.75, 3.05) is 38.9 Å². The normalized spacial score (nSPS) is 10.0. The second-order valence-electron chi connectivity index (χ2n) is 5.70. The molecule has 0 unspecified atom stereocenters. The van der Waals surface area contributed by atoms with E-state index in [0.717, 1.165) is 0 Å². The van der Waals surface area contributed by atoms with Gasteiger partial charge < -0.3 is 29.0 Å². The fourth-order valence-electron chi connectivity index (χ4n) is 2.33. The molecule has 29 heavy (non-hydrogen) atoms. The van der Waals surface area contributed by atoms with Crippen LogP contribution in [0, 0.1) is 0 Å². The summed E-state index contributed by atoms with van der Waals surface area (Å²) in [5.74, 6) is 1.09. The summed E-state index contributed by atoms with van der Waals surface area (Å²) < 4.78 is 26.2. The number of carbonyl (C=O) groups is 2. The van der Waals surface area contributed by atoms with Crippen molar-refractivity contribution in [1.29, 1.82) is 0 Å². The van der Waals surface area contributed by atoms with Crippen molar-refractivity contribution in [1.82, 2.24) is 0 Å².